The number of aliphatic hydroxyl groups is 1. The van der Waals surface area contributed by atoms with Gasteiger partial charge < -0.3 is 19.3 Å². The quantitative estimate of drug-likeness (QED) is 0.731. The summed E-state index contributed by atoms with van der Waals surface area (Å²) >= 11 is 0. The zero-order valence-electron chi connectivity index (χ0n) is 11.6. The van der Waals surface area contributed by atoms with Crippen LogP contribution in [0.4, 0.5) is 0 Å². The predicted octanol–water partition coefficient (Wildman–Crippen LogP) is 3.42. The molecule has 0 amide bonds. The summed E-state index contributed by atoms with van der Waals surface area (Å²) in [5.41, 5.74) is 0.874. The minimum Gasteiger partial charge on any atom is -0.465 e. The van der Waals surface area contributed by atoms with Crippen LogP contribution in [0.2, 0.25) is 0 Å². The normalized spacial score (nSPS) is 13.3. The van der Waals surface area contributed by atoms with Gasteiger partial charge in [-0.05, 0) is 25.1 Å². The summed E-state index contributed by atoms with van der Waals surface area (Å²) in [6, 6.07) is 10.3. The lowest BCUT2D eigenvalue weighted by Gasteiger charge is -2.24. The van der Waals surface area contributed by atoms with Gasteiger partial charge in [-0.3, -0.25) is 0 Å². The van der Waals surface area contributed by atoms with E-state index in [1.54, 1.807) is 43.3 Å². The lowest BCUT2D eigenvalue weighted by molar-refractivity contribution is 0.0596. The first-order valence-corrected chi connectivity index (χ1v) is 6.50. The standard InChI is InChI=1S/C16H14O5/c1-9(17)10-5-3-7-12-14(10)21-15-11(16(18)19-2)6-4-8-13(15)20-12/h3-9,17H,1-2H3/t9-/m0/s1. The van der Waals surface area contributed by atoms with E-state index in [-0.39, 0.29) is 5.56 Å². The van der Waals surface area contributed by atoms with Crippen LogP contribution in [-0.2, 0) is 4.74 Å². The molecule has 1 heterocycles. The number of rotatable bonds is 2. The molecule has 5 nitrogen and oxygen atoms in total. The van der Waals surface area contributed by atoms with E-state index in [1.807, 2.05) is 0 Å². The Bertz CT molecular complexity index is 706. The van der Waals surface area contributed by atoms with E-state index in [2.05, 4.69) is 0 Å². The molecule has 0 radical (unpaired) electrons. The summed E-state index contributed by atoms with van der Waals surface area (Å²) < 4.78 is 16.3. The highest BCUT2D eigenvalue weighted by Crippen LogP contribution is 2.49. The molecular weight excluding hydrogens is 272 g/mol. The second-order valence-electron chi connectivity index (χ2n) is 4.68. The van der Waals surface area contributed by atoms with E-state index < -0.39 is 12.1 Å². The fourth-order valence-electron chi connectivity index (χ4n) is 2.24. The highest BCUT2D eigenvalue weighted by molar-refractivity contribution is 5.94. The van der Waals surface area contributed by atoms with E-state index >= 15 is 0 Å². The molecule has 0 spiro atoms. The summed E-state index contributed by atoms with van der Waals surface area (Å²) in [7, 11) is 1.31. The van der Waals surface area contributed by atoms with Gasteiger partial charge in [0.2, 0.25) is 0 Å². The molecule has 0 fully saturated rings. The number of carbonyl (C=O) groups is 1. The number of hydrogen-bond donors (Lipinski definition) is 1. The van der Waals surface area contributed by atoms with Crippen LogP contribution < -0.4 is 9.47 Å². The molecule has 1 atom stereocenters. The van der Waals surface area contributed by atoms with Crippen LogP contribution in [0.3, 0.4) is 0 Å². The van der Waals surface area contributed by atoms with E-state index in [0.29, 0.717) is 28.6 Å². The van der Waals surface area contributed by atoms with Crippen molar-refractivity contribution in [1.29, 1.82) is 0 Å². The molecular formula is C16H14O5. The van der Waals surface area contributed by atoms with Gasteiger partial charge in [0.1, 0.15) is 5.56 Å². The molecule has 1 aliphatic heterocycles. The van der Waals surface area contributed by atoms with Gasteiger partial charge in [0.25, 0.3) is 0 Å². The van der Waals surface area contributed by atoms with Crippen molar-refractivity contribution in [2.75, 3.05) is 7.11 Å². The van der Waals surface area contributed by atoms with Crippen LogP contribution in [0.15, 0.2) is 36.4 Å². The third-order valence-corrected chi connectivity index (χ3v) is 3.27. The summed E-state index contributed by atoms with van der Waals surface area (Å²) in [5.74, 6) is 1.14. The fourth-order valence-corrected chi connectivity index (χ4v) is 2.24. The van der Waals surface area contributed by atoms with Crippen molar-refractivity contribution < 1.29 is 24.1 Å². The highest BCUT2D eigenvalue weighted by Gasteiger charge is 2.27. The molecule has 5 heteroatoms. The van der Waals surface area contributed by atoms with Gasteiger partial charge in [0, 0.05) is 5.56 Å². The predicted molar refractivity (Wildman–Crippen MR) is 75.0 cm³/mol. The van der Waals surface area contributed by atoms with Crippen LogP contribution in [0, 0.1) is 0 Å². The topological polar surface area (TPSA) is 65.0 Å². The Morgan fingerprint density at radius 3 is 2.43 bits per heavy atom. The molecule has 0 saturated carbocycles. The van der Waals surface area contributed by atoms with Crippen molar-refractivity contribution in [3.8, 4) is 23.0 Å². The Labute approximate surface area is 121 Å². The summed E-state index contributed by atoms with van der Waals surface area (Å²) in [6.45, 7) is 1.64. The van der Waals surface area contributed by atoms with Gasteiger partial charge >= 0.3 is 5.97 Å². The minimum absolute atomic E-state index is 0.279. The molecule has 1 N–H and O–H groups in total. The third-order valence-electron chi connectivity index (χ3n) is 3.27. The fraction of sp³-hybridized carbons (Fsp3) is 0.188. The molecule has 0 saturated heterocycles. The maximum absolute atomic E-state index is 11.8. The van der Waals surface area contributed by atoms with Gasteiger partial charge in [0.05, 0.1) is 13.2 Å². The number of aliphatic hydroxyl groups excluding tert-OH is 1. The van der Waals surface area contributed by atoms with Crippen molar-refractivity contribution in [2.24, 2.45) is 0 Å². The van der Waals surface area contributed by atoms with E-state index in [1.165, 1.54) is 7.11 Å². The van der Waals surface area contributed by atoms with Crippen LogP contribution in [0.1, 0.15) is 28.9 Å². The van der Waals surface area contributed by atoms with Gasteiger partial charge in [-0.25, -0.2) is 4.79 Å². The number of fused-ring (bicyclic) bond motifs is 2. The molecule has 1 aliphatic rings. The smallest absolute Gasteiger partial charge is 0.341 e. The van der Waals surface area contributed by atoms with Crippen molar-refractivity contribution in [1.82, 2.24) is 0 Å². The summed E-state index contributed by atoms with van der Waals surface area (Å²) in [4.78, 5) is 11.8. The van der Waals surface area contributed by atoms with Crippen LogP contribution in [0.5, 0.6) is 23.0 Å². The first kappa shape index (κ1) is 13.5. The number of esters is 1. The third kappa shape index (κ3) is 2.21. The first-order chi connectivity index (χ1) is 10.1. The molecule has 0 aliphatic carbocycles. The van der Waals surface area contributed by atoms with Gasteiger partial charge in [-0.15, -0.1) is 0 Å². The number of benzene rings is 2. The largest absolute Gasteiger partial charge is 0.465 e. The number of hydrogen-bond acceptors (Lipinski definition) is 5. The molecule has 0 bridgehead atoms. The van der Waals surface area contributed by atoms with Crippen LogP contribution in [-0.4, -0.2) is 18.2 Å². The van der Waals surface area contributed by atoms with Crippen molar-refractivity contribution in [2.45, 2.75) is 13.0 Å². The lowest BCUT2D eigenvalue weighted by atomic mass is 10.1. The Morgan fingerprint density at radius 1 is 1.10 bits per heavy atom. The average molecular weight is 286 g/mol. The second-order valence-corrected chi connectivity index (χ2v) is 4.68. The SMILES string of the molecule is COC(=O)c1cccc2c1Oc1c(cccc1[C@H](C)O)O2. The van der Waals surface area contributed by atoms with Gasteiger partial charge in [-0.2, -0.15) is 0 Å². The first-order valence-electron chi connectivity index (χ1n) is 6.50. The summed E-state index contributed by atoms with van der Waals surface area (Å²) in [5, 5.41) is 9.83. The zero-order chi connectivity index (χ0) is 15.0. The van der Waals surface area contributed by atoms with Crippen molar-refractivity contribution in [3.05, 3.63) is 47.5 Å². The lowest BCUT2D eigenvalue weighted by Crippen LogP contribution is -2.09. The van der Waals surface area contributed by atoms with Crippen molar-refractivity contribution >= 4 is 5.97 Å². The molecule has 3 rings (SSSR count). The molecule has 0 aromatic heterocycles. The van der Waals surface area contributed by atoms with E-state index in [9.17, 15) is 9.90 Å². The Hall–Kier alpha value is -2.53. The molecule has 2 aromatic carbocycles. The van der Waals surface area contributed by atoms with Gasteiger partial charge in [-0.1, -0.05) is 18.2 Å². The van der Waals surface area contributed by atoms with Crippen LogP contribution in [0.25, 0.3) is 0 Å². The Kier molecular flexibility index (Phi) is 3.27. The molecule has 108 valence electrons. The molecule has 0 unspecified atom stereocenters. The molecule has 21 heavy (non-hydrogen) atoms. The average Bonchev–Trinajstić information content (AvgIpc) is 2.50. The highest BCUT2D eigenvalue weighted by atomic mass is 16.6. The number of carbonyl (C=O) groups excluding carboxylic acids is 1. The zero-order valence-corrected chi connectivity index (χ0v) is 11.6. The Balaban J connectivity index is 2.12. The summed E-state index contributed by atoms with van der Waals surface area (Å²) in [6.07, 6.45) is -0.713. The second kappa shape index (κ2) is 5.10. The van der Waals surface area contributed by atoms with Gasteiger partial charge in [0.15, 0.2) is 23.0 Å². The van der Waals surface area contributed by atoms with Crippen LogP contribution >= 0.6 is 0 Å². The molecule has 2 aromatic rings. The van der Waals surface area contributed by atoms with E-state index in [4.69, 9.17) is 14.2 Å². The minimum atomic E-state index is -0.713. The van der Waals surface area contributed by atoms with Crippen molar-refractivity contribution in [3.63, 3.8) is 0 Å². The number of methoxy groups -OCH3 is 1. The maximum atomic E-state index is 11.8. The number of ether oxygens (including phenoxy) is 3. The number of para-hydroxylation sites is 2. The Morgan fingerprint density at radius 2 is 1.76 bits per heavy atom. The monoisotopic (exact) mass is 286 g/mol. The maximum Gasteiger partial charge on any atom is 0.341 e. The van der Waals surface area contributed by atoms with E-state index in [0.717, 1.165) is 0 Å².